The van der Waals surface area contributed by atoms with Crippen LogP contribution in [0.15, 0.2) is 24.3 Å². The van der Waals surface area contributed by atoms with Crippen LogP contribution in [0.2, 0.25) is 0 Å². The van der Waals surface area contributed by atoms with E-state index in [-0.39, 0.29) is 12.1 Å². The molecule has 0 saturated heterocycles. The van der Waals surface area contributed by atoms with Crippen LogP contribution in [-0.2, 0) is 22.2 Å². The third kappa shape index (κ3) is 4.71. The highest BCUT2D eigenvalue weighted by Gasteiger charge is 2.36. The molecule has 0 aliphatic rings. The molecule has 1 aromatic rings. The molecule has 0 heterocycles. The quantitative estimate of drug-likeness (QED) is 0.806. The number of aliphatic carboxylic acids is 1. The number of carbonyl (C=O) groups excluding carboxylic acids is 1. The van der Waals surface area contributed by atoms with Crippen molar-refractivity contribution in [2.75, 3.05) is 6.54 Å². The van der Waals surface area contributed by atoms with E-state index in [4.69, 9.17) is 0 Å². The van der Waals surface area contributed by atoms with Crippen LogP contribution in [-0.4, -0.2) is 23.5 Å². The second kappa shape index (κ2) is 7.48. The van der Waals surface area contributed by atoms with Crippen LogP contribution in [0.4, 0.5) is 13.2 Å². The molecule has 128 valence electrons. The molecule has 4 nitrogen and oxygen atoms in total. The molecule has 1 aromatic carbocycles. The number of benzene rings is 1. The van der Waals surface area contributed by atoms with Crippen molar-refractivity contribution in [3.8, 4) is 0 Å². The zero-order valence-electron chi connectivity index (χ0n) is 13.0. The molecule has 0 atom stereocenters. The largest absolute Gasteiger partial charge is 0.481 e. The van der Waals surface area contributed by atoms with E-state index in [1.165, 1.54) is 18.2 Å². The molecule has 2 N–H and O–H groups in total. The molecule has 0 spiro atoms. The van der Waals surface area contributed by atoms with Crippen LogP contribution < -0.4 is 5.32 Å². The van der Waals surface area contributed by atoms with Gasteiger partial charge in [0.15, 0.2) is 0 Å². The van der Waals surface area contributed by atoms with Crippen molar-refractivity contribution in [3.63, 3.8) is 0 Å². The van der Waals surface area contributed by atoms with Gasteiger partial charge in [0, 0.05) is 6.54 Å². The van der Waals surface area contributed by atoms with Crippen molar-refractivity contribution in [1.29, 1.82) is 0 Å². The van der Waals surface area contributed by atoms with Crippen molar-refractivity contribution < 1.29 is 27.9 Å². The van der Waals surface area contributed by atoms with Gasteiger partial charge in [-0.3, -0.25) is 9.59 Å². The van der Waals surface area contributed by atoms with Crippen LogP contribution in [0, 0.1) is 5.41 Å². The molecule has 1 amide bonds. The van der Waals surface area contributed by atoms with E-state index < -0.39 is 35.5 Å². The van der Waals surface area contributed by atoms with E-state index in [1.54, 1.807) is 13.8 Å². The van der Waals surface area contributed by atoms with Crippen molar-refractivity contribution in [2.45, 2.75) is 39.3 Å². The van der Waals surface area contributed by atoms with Crippen LogP contribution in [0.1, 0.15) is 37.8 Å². The summed E-state index contributed by atoms with van der Waals surface area (Å²) in [6.07, 6.45) is -4.34. The number of hydrogen-bond acceptors (Lipinski definition) is 2. The summed E-state index contributed by atoms with van der Waals surface area (Å²) < 4.78 is 38.6. The first kappa shape index (κ1) is 19.0. The second-order valence-corrected chi connectivity index (χ2v) is 5.40. The minimum atomic E-state index is -4.53. The Kier molecular flexibility index (Phi) is 6.18. The lowest BCUT2D eigenvalue weighted by atomic mass is 9.82. The summed E-state index contributed by atoms with van der Waals surface area (Å²) in [4.78, 5) is 23.3. The Bertz CT molecular complexity index is 566. The molecule has 1 rings (SSSR count). The van der Waals surface area contributed by atoms with E-state index in [2.05, 4.69) is 5.32 Å². The highest BCUT2D eigenvalue weighted by molar-refractivity contribution is 5.81. The number of hydrogen-bond donors (Lipinski definition) is 2. The first-order valence-corrected chi connectivity index (χ1v) is 7.31. The Morgan fingerprint density at radius 3 is 2.17 bits per heavy atom. The van der Waals surface area contributed by atoms with Gasteiger partial charge in [-0.15, -0.1) is 0 Å². The average Bonchev–Trinajstić information content (AvgIpc) is 2.48. The second-order valence-electron chi connectivity index (χ2n) is 5.40. The Hall–Kier alpha value is -2.05. The summed E-state index contributed by atoms with van der Waals surface area (Å²) in [5.41, 5.74) is -2.09. The van der Waals surface area contributed by atoms with Gasteiger partial charge in [0.25, 0.3) is 0 Å². The zero-order chi connectivity index (χ0) is 17.7. The molecular formula is C16H20F3NO3. The van der Waals surface area contributed by atoms with Crippen molar-refractivity contribution >= 4 is 11.9 Å². The molecule has 23 heavy (non-hydrogen) atoms. The molecule has 0 radical (unpaired) electrons. The van der Waals surface area contributed by atoms with Gasteiger partial charge >= 0.3 is 12.1 Å². The first-order chi connectivity index (χ1) is 10.7. The number of alkyl halides is 3. The van der Waals surface area contributed by atoms with E-state index in [0.29, 0.717) is 12.8 Å². The smallest absolute Gasteiger partial charge is 0.416 e. The van der Waals surface area contributed by atoms with E-state index >= 15 is 0 Å². The molecular weight excluding hydrogens is 311 g/mol. The van der Waals surface area contributed by atoms with Gasteiger partial charge in [-0.2, -0.15) is 13.2 Å². The maximum Gasteiger partial charge on any atom is 0.416 e. The topological polar surface area (TPSA) is 66.4 Å². The van der Waals surface area contributed by atoms with Crippen molar-refractivity contribution in [1.82, 2.24) is 5.32 Å². The normalized spacial score (nSPS) is 12.0. The number of rotatable bonds is 7. The Balaban J connectivity index is 2.81. The number of carbonyl (C=O) groups is 2. The zero-order valence-corrected chi connectivity index (χ0v) is 13.0. The van der Waals surface area contributed by atoms with Gasteiger partial charge in [-0.25, -0.2) is 0 Å². The Morgan fingerprint density at radius 2 is 1.70 bits per heavy atom. The van der Waals surface area contributed by atoms with Gasteiger partial charge in [0.1, 0.15) is 0 Å². The third-order valence-corrected chi connectivity index (χ3v) is 4.10. The van der Waals surface area contributed by atoms with Crippen molar-refractivity contribution in [3.05, 3.63) is 35.4 Å². The van der Waals surface area contributed by atoms with E-state index in [0.717, 1.165) is 6.07 Å². The molecule has 0 saturated carbocycles. The highest BCUT2D eigenvalue weighted by atomic mass is 19.4. The summed E-state index contributed by atoms with van der Waals surface area (Å²) in [5, 5.41) is 11.7. The molecule has 0 aromatic heterocycles. The predicted octanol–water partition coefficient (Wildman–Crippen LogP) is 3.26. The lowest BCUT2D eigenvalue weighted by Gasteiger charge is -2.26. The van der Waals surface area contributed by atoms with Gasteiger partial charge in [0.2, 0.25) is 5.91 Å². The number of carboxylic acid groups (broad SMARTS) is 1. The molecule has 0 aliphatic heterocycles. The van der Waals surface area contributed by atoms with E-state index in [9.17, 15) is 27.9 Å². The summed E-state index contributed by atoms with van der Waals surface area (Å²) in [7, 11) is 0. The minimum absolute atomic E-state index is 0.109. The van der Waals surface area contributed by atoms with E-state index in [1.807, 2.05) is 0 Å². The fourth-order valence-electron chi connectivity index (χ4n) is 2.33. The number of carboxylic acids is 1. The van der Waals surface area contributed by atoms with Gasteiger partial charge in [0.05, 0.1) is 17.4 Å². The minimum Gasteiger partial charge on any atom is -0.481 e. The monoisotopic (exact) mass is 331 g/mol. The van der Waals surface area contributed by atoms with Crippen LogP contribution >= 0.6 is 0 Å². The molecule has 0 bridgehead atoms. The van der Waals surface area contributed by atoms with Gasteiger partial charge < -0.3 is 10.4 Å². The molecule has 0 unspecified atom stereocenters. The number of nitrogens with one attached hydrogen (secondary N) is 1. The average molecular weight is 331 g/mol. The first-order valence-electron chi connectivity index (χ1n) is 7.31. The third-order valence-electron chi connectivity index (χ3n) is 4.10. The van der Waals surface area contributed by atoms with Gasteiger partial charge in [-0.1, -0.05) is 32.0 Å². The maximum atomic E-state index is 12.9. The Labute approximate surface area is 132 Å². The van der Waals surface area contributed by atoms with Gasteiger partial charge in [-0.05, 0) is 24.5 Å². The summed E-state index contributed by atoms with van der Waals surface area (Å²) in [5.74, 6) is -1.66. The van der Waals surface area contributed by atoms with Crippen LogP contribution in [0.3, 0.4) is 0 Å². The molecule has 0 aliphatic carbocycles. The number of halogens is 3. The lowest BCUT2D eigenvalue weighted by molar-refractivity contribution is -0.149. The van der Waals surface area contributed by atoms with Crippen LogP contribution in [0.25, 0.3) is 0 Å². The summed E-state index contributed by atoms with van der Waals surface area (Å²) in [6.45, 7) is 3.29. The standard InChI is InChI=1S/C16H20F3NO3/c1-3-15(4-2,14(22)23)10-20-13(21)9-11-7-5-6-8-12(11)16(17,18)19/h5-8H,3-4,9-10H2,1-2H3,(H,20,21)(H,22,23). The summed E-state index contributed by atoms with van der Waals surface area (Å²) in [6, 6.07) is 4.85. The van der Waals surface area contributed by atoms with Crippen molar-refractivity contribution in [2.24, 2.45) is 5.41 Å². The fraction of sp³-hybridized carbons (Fsp3) is 0.500. The van der Waals surface area contributed by atoms with Crippen LogP contribution in [0.5, 0.6) is 0 Å². The molecule has 0 fully saturated rings. The number of amides is 1. The lowest BCUT2D eigenvalue weighted by Crippen LogP contribution is -2.42. The Morgan fingerprint density at radius 1 is 1.13 bits per heavy atom. The SMILES string of the molecule is CCC(CC)(CNC(=O)Cc1ccccc1C(F)(F)F)C(=O)O. The predicted molar refractivity (Wildman–Crippen MR) is 78.8 cm³/mol. The highest BCUT2D eigenvalue weighted by Crippen LogP contribution is 2.32. The fourth-order valence-corrected chi connectivity index (χ4v) is 2.33. The molecule has 7 heteroatoms. The summed E-state index contributed by atoms with van der Waals surface area (Å²) >= 11 is 0. The maximum absolute atomic E-state index is 12.9.